The minimum Gasteiger partial charge on any atom is -0.496 e. The van der Waals surface area contributed by atoms with E-state index in [1.165, 1.54) is 22.4 Å². The van der Waals surface area contributed by atoms with Gasteiger partial charge in [-0.05, 0) is 47.2 Å². The summed E-state index contributed by atoms with van der Waals surface area (Å²) >= 11 is 0. The van der Waals surface area contributed by atoms with Gasteiger partial charge in [-0.3, -0.25) is 0 Å². The highest BCUT2D eigenvalue weighted by molar-refractivity contribution is 6.13. The van der Waals surface area contributed by atoms with Gasteiger partial charge < -0.3 is 29.3 Å². The first-order chi connectivity index (χ1) is 22.9. The van der Waals surface area contributed by atoms with E-state index in [0.29, 0.717) is 6.04 Å². The largest absolute Gasteiger partial charge is 0.496 e. The lowest BCUT2D eigenvalue weighted by Crippen LogP contribution is -2.70. The van der Waals surface area contributed by atoms with Crippen LogP contribution in [-0.4, -0.2) is 71.7 Å². The number of nitrogens with zero attached hydrogens (tertiary/aromatic N) is 3. The van der Waals surface area contributed by atoms with E-state index in [9.17, 15) is 10.2 Å². The van der Waals surface area contributed by atoms with E-state index in [2.05, 4.69) is 95.4 Å². The number of quaternary nitrogens is 1. The molecule has 238 valence electrons. The second-order valence-corrected chi connectivity index (χ2v) is 14.9. The fourth-order valence-electron chi connectivity index (χ4n) is 11.3. The van der Waals surface area contributed by atoms with Crippen molar-refractivity contribution in [3.63, 3.8) is 0 Å². The maximum Gasteiger partial charge on any atom is 0.235 e. The first-order valence-electron chi connectivity index (χ1n) is 17.3. The summed E-state index contributed by atoms with van der Waals surface area (Å²) in [5.41, 5.74) is 10.7. The van der Waals surface area contributed by atoms with Gasteiger partial charge in [-0.1, -0.05) is 37.3 Å². The molecule has 3 aromatic heterocycles. The third-order valence-electron chi connectivity index (χ3n) is 13.1. The molecule has 10 rings (SSSR count). The topological polar surface area (TPSA) is 72.8 Å². The lowest BCUT2D eigenvalue weighted by molar-refractivity contribution is -0.925. The average molecular weight is 627 g/mol. The van der Waals surface area contributed by atoms with Crippen molar-refractivity contribution in [3.05, 3.63) is 102 Å². The van der Waals surface area contributed by atoms with Crippen molar-refractivity contribution < 1.29 is 23.8 Å². The summed E-state index contributed by atoms with van der Waals surface area (Å²) in [5, 5.41) is 25.2. The van der Waals surface area contributed by atoms with Gasteiger partial charge in [-0.2, -0.15) is 4.40 Å². The summed E-state index contributed by atoms with van der Waals surface area (Å²) in [4.78, 5) is 6.28. The number of para-hydroxylation sites is 1. The van der Waals surface area contributed by atoms with Gasteiger partial charge in [-0.25, -0.2) is 0 Å². The second-order valence-electron chi connectivity index (χ2n) is 14.9. The van der Waals surface area contributed by atoms with Crippen molar-refractivity contribution in [2.75, 3.05) is 38.8 Å². The number of anilines is 1. The van der Waals surface area contributed by atoms with E-state index in [1.807, 2.05) is 12.1 Å². The quantitative estimate of drug-likeness (QED) is 0.145. The molecule has 47 heavy (non-hydrogen) atoms. The number of aryl methyl sites for hydroxylation is 1. The van der Waals surface area contributed by atoms with Crippen LogP contribution in [0, 0.1) is 11.8 Å². The van der Waals surface area contributed by atoms with Crippen LogP contribution in [0.1, 0.15) is 36.5 Å². The van der Waals surface area contributed by atoms with Gasteiger partial charge >= 0.3 is 0 Å². The Labute approximate surface area is 274 Å². The van der Waals surface area contributed by atoms with Gasteiger partial charge in [-0.15, -0.1) is 0 Å². The number of aromatic amines is 1. The molecule has 1 aliphatic carbocycles. The van der Waals surface area contributed by atoms with Crippen molar-refractivity contribution in [1.29, 1.82) is 0 Å². The van der Waals surface area contributed by atoms with Crippen LogP contribution in [0.5, 0.6) is 5.75 Å². The Morgan fingerprint density at radius 3 is 2.87 bits per heavy atom. The molecule has 1 saturated carbocycles. The number of aliphatic hydroxyl groups is 2. The van der Waals surface area contributed by atoms with Gasteiger partial charge in [0.25, 0.3) is 0 Å². The highest BCUT2D eigenvalue weighted by Gasteiger charge is 2.73. The maximum absolute atomic E-state index is 12.8. The predicted molar refractivity (Wildman–Crippen MR) is 184 cm³/mol. The number of rotatable bonds is 4. The lowest BCUT2D eigenvalue weighted by atomic mass is 9.53. The van der Waals surface area contributed by atoms with Crippen molar-refractivity contribution in [2.24, 2.45) is 11.8 Å². The predicted octanol–water partition coefficient (Wildman–Crippen LogP) is 5.26. The summed E-state index contributed by atoms with van der Waals surface area (Å²) in [5.74, 6) is 1.13. The van der Waals surface area contributed by atoms with Crippen LogP contribution in [0.3, 0.4) is 0 Å². The second kappa shape index (κ2) is 9.47. The monoisotopic (exact) mass is 626 g/mol. The van der Waals surface area contributed by atoms with E-state index >= 15 is 0 Å². The minimum absolute atomic E-state index is 0.0165. The van der Waals surface area contributed by atoms with E-state index < -0.39 is 6.10 Å². The molecule has 0 amide bonds. The number of hydrogen-bond acceptors (Lipinski definition) is 4. The van der Waals surface area contributed by atoms with E-state index in [4.69, 9.17) is 4.74 Å². The number of H-pyrrole nitrogens is 1. The molecule has 1 spiro atoms. The van der Waals surface area contributed by atoms with Crippen LogP contribution in [0.25, 0.3) is 32.9 Å². The number of benzene rings is 2. The number of methoxy groups -OCH3 is 1. The molecule has 7 heterocycles. The number of aromatic nitrogens is 2. The molecule has 5 aliphatic rings. The third kappa shape index (κ3) is 3.35. The molecule has 4 aliphatic heterocycles. The standard InChI is InChI=1S/C40H41N4O3/c1-4-23-20-42-15-12-25-35-30(9-7-11-33(35)47-3)41-37(25)32(42)18-26(23)28-21-43-31-10-6-5-8-29(31)40-14-16-44(2)22-24(13-17-45)27(19-34(40)44)36(38(28)46)39(40)43/h5-13,15,18,20-21,27,34,36,38-39,45-46H,4,14,16-17,19,22H2,1-3H3/q+1/p+1/b24-13-/t27-,34-,36?,38+,39-,40+,44-/m0/s1. The van der Waals surface area contributed by atoms with Gasteiger partial charge in [0.1, 0.15) is 23.9 Å². The molecule has 2 bridgehead atoms. The van der Waals surface area contributed by atoms with Gasteiger partial charge in [0.2, 0.25) is 5.52 Å². The summed E-state index contributed by atoms with van der Waals surface area (Å²) in [6.45, 7) is 4.35. The van der Waals surface area contributed by atoms with Crippen LogP contribution >= 0.6 is 0 Å². The number of likely N-dealkylation sites (N-methyl/N-ethyl adjacent to an activating group) is 1. The molecule has 7 atom stereocenters. The highest BCUT2D eigenvalue weighted by Crippen LogP contribution is 2.67. The Morgan fingerprint density at radius 1 is 1.17 bits per heavy atom. The molecule has 5 aromatic rings. The van der Waals surface area contributed by atoms with Gasteiger partial charge in [0.15, 0.2) is 12.4 Å². The van der Waals surface area contributed by atoms with Crippen molar-refractivity contribution in [3.8, 4) is 5.75 Å². The molecule has 7 heteroatoms. The number of nitrogens with one attached hydrogen (secondary N) is 1. The Morgan fingerprint density at radius 2 is 2.04 bits per heavy atom. The van der Waals surface area contributed by atoms with Crippen LogP contribution in [0.2, 0.25) is 0 Å². The average Bonchev–Trinajstić information content (AvgIpc) is 3.73. The third-order valence-corrected chi connectivity index (χ3v) is 13.1. The SMILES string of the molecule is CCc1c[n+]2ccc3c([nH]c4cccc(OC)c43)c2cc1C1=CN2c3ccccc3[C@]34CC[N@@+]5(C)C/C(=C/CO)[C@H](C[C@@H]35)C([C@@H]1O)[C@H]24. The number of hydrogen-bond donors (Lipinski definition) is 3. The van der Waals surface area contributed by atoms with Gasteiger partial charge in [0.05, 0.1) is 50.4 Å². The van der Waals surface area contributed by atoms with Gasteiger partial charge in [0, 0.05) is 64.7 Å². The zero-order valence-electron chi connectivity index (χ0n) is 27.3. The summed E-state index contributed by atoms with van der Waals surface area (Å²) in [6.07, 6.45) is 11.2. The fourth-order valence-corrected chi connectivity index (χ4v) is 11.3. The van der Waals surface area contributed by atoms with Crippen LogP contribution in [0.4, 0.5) is 5.69 Å². The molecule has 3 N–H and O–H groups in total. The molecule has 3 fully saturated rings. The Hall–Kier alpha value is -4.17. The summed E-state index contributed by atoms with van der Waals surface area (Å²) in [6, 6.07) is 20.4. The molecule has 7 nitrogen and oxygen atoms in total. The molecule has 2 aromatic carbocycles. The summed E-state index contributed by atoms with van der Waals surface area (Å²) in [7, 11) is 4.17. The number of piperidine rings is 1. The molecule has 2 saturated heterocycles. The zero-order valence-corrected chi connectivity index (χ0v) is 27.3. The highest BCUT2D eigenvalue weighted by atomic mass is 16.5. The van der Waals surface area contributed by atoms with E-state index in [1.54, 1.807) is 7.11 Å². The molecular formula is C40H42N4O3+2. The van der Waals surface area contributed by atoms with Crippen LogP contribution in [0.15, 0.2) is 84.8 Å². The fraction of sp³-hybridized carbons (Fsp3) is 0.375. The first kappa shape index (κ1) is 27.9. The first-order valence-corrected chi connectivity index (χ1v) is 17.3. The smallest absolute Gasteiger partial charge is 0.235 e. The molecule has 0 radical (unpaired) electrons. The van der Waals surface area contributed by atoms with Crippen molar-refractivity contribution in [1.82, 2.24) is 4.98 Å². The zero-order chi connectivity index (χ0) is 31.8. The number of ether oxygens (including phenoxy) is 1. The Kier molecular flexibility index (Phi) is 5.62. The number of aliphatic hydroxyl groups excluding tert-OH is 2. The summed E-state index contributed by atoms with van der Waals surface area (Å²) < 4.78 is 9.03. The number of pyridine rings is 2. The molecular weight excluding hydrogens is 584 g/mol. The Balaban J connectivity index is 1.23. The van der Waals surface area contributed by atoms with Crippen LogP contribution in [-0.2, 0) is 11.8 Å². The lowest BCUT2D eigenvalue weighted by Gasteiger charge is -2.59. The van der Waals surface area contributed by atoms with Crippen molar-refractivity contribution >= 4 is 38.6 Å². The van der Waals surface area contributed by atoms with E-state index in [0.717, 1.165) is 81.0 Å². The van der Waals surface area contributed by atoms with E-state index in [-0.39, 0.29) is 29.9 Å². The van der Waals surface area contributed by atoms with Crippen molar-refractivity contribution in [2.45, 2.75) is 49.8 Å². The maximum atomic E-state index is 12.8. The Bertz CT molecular complexity index is 2220. The minimum atomic E-state index is -0.623. The van der Waals surface area contributed by atoms with Crippen LogP contribution < -0.4 is 14.0 Å². The molecule has 1 unspecified atom stereocenters. The number of fused-ring (bicyclic) bond motifs is 9. The normalized spacial score (nSPS) is 32.7.